The van der Waals surface area contributed by atoms with Crippen molar-refractivity contribution in [3.8, 4) is 0 Å². The summed E-state index contributed by atoms with van der Waals surface area (Å²) in [5.74, 6) is 0. The zero-order valence-electron chi connectivity index (χ0n) is 10.5. The van der Waals surface area contributed by atoms with Crippen LogP contribution in [0.4, 0.5) is 18.9 Å². The average molecular weight is 323 g/mol. The molecule has 0 fully saturated rings. The molecule has 0 saturated carbocycles. The molecule has 1 N–H and O–H groups in total. The third-order valence-corrected chi connectivity index (χ3v) is 3.20. The highest BCUT2D eigenvalue weighted by molar-refractivity contribution is 6.39. The summed E-state index contributed by atoms with van der Waals surface area (Å²) in [5.41, 5.74) is -0.538. The van der Waals surface area contributed by atoms with Gasteiger partial charge in [-0.05, 0) is 24.6 Å². The van der Waals surface area contributed by atoms with Crippen molar-refractivity contribution in [3.05, 3.63) is 33.9 Å². The maximum atomic E-state index is 12.9. The number of pyridine rings is 1. The van der Waals surface area contributed by atoms with Gasteiger partial charge in [-0.25, -0.2) is 4.98 Å². The van der Waals surface area contributed by atoms with E-state index in [0.29, 0.717) is 17.6 Å². The number of halogens is 5. The maximum absolute atomic E-state index is 12.9. The number of fused-ring (bicyclic) bond motifs is 1. The van der Waals surface area contributed by atoms with Crippen molar-refractivity contribution in [3.63, 3.8) is 0 Å². The van der Waals surface area contributed by atoms with Crippen molar-refractivity contribution >= 4 is 39.8 Å². The second-order valence-corrected chi connectivity index (χ2v) is 5.10. The number of rotatable bonds is 3. The first kappa shape index (κ1) is 15.2. The highest BCUT2D eigenvalue weighted by Gasteiger charge is 2.33. The van der Waals surface area contributed by atoms with Gasteiger partial charge in [0.2, 0.25) is 0 Å². The van der Waals surface area contributed by atoms with E-state index >= 15 is 0 Å². The van der Waals surface area contributed by atoms with E-state index in [1.807, 2.05) is 6.92 Å². The molecule has 0 amide bonds. The van der Waals surface area contributed by atoms with E-state index in [2.05, 4.69) is 10.3 Å². The number of hydrogen-bond donors (Lipinski definition) is 1. The molecule has 1 aromatic carbocycles. The van der Waals surface area contributed by atoms with E-state index in [-0.39, 0.29) is 15.6 Å². The van der Waals surface area contributed by atoms with Crippen LogP contribution in [-0.2, 0) is 6.18 Å². The van der Waals surface area contributed by atoms with Crippen LogP contribution in [0.15, 0.2) is 18.2 Å². The van der Waals surface area contributed by atoms with Gasteiger partial charge in [-0.15, -0.1) is 0 Å². The summed E-state index contributed by atoms with van der Waals surface area (Å²) < 4.78 is 38.6. The number of aromatic nitrogens is 1. The fourth-order valence-electron chi connectivity index (χ4n) is 1.83. The fraction of sp³-hybridized carbons (Fsp3) is 0.308. The first-order chi connectivity index (χ1) is 9.32. The third kappa shape index (κ3) is 3.10. The van der Waals surface area contributed by atoms with Crippen LogP contribution in [0.5, 0.6) is 0 Å². The van der Waals surface area contributed by atoms with Gasteiger partial charge >= 0.3 is 6.18 Å². The minimum Gasteiger partial charge on any atom is -0.384 e. The highest BCUT2D eigenvalue weighted by atomic mass is 35.5. The Balaban J connectivity index is 2.71. The van der Waals surface area contributed by atoms with Crippen LogP contribution >= 0.6 is 23.2 Å². The van der Waals surface area contributed by atoms with Crippen molar-refractivity contribution in [1.29, 1.82) is 0 Å². The largest absolute Gasteiger partial charge is 0.433 e. The molecule has 0 saturated heterocycles. The van der Waals surface area contributed by atoms with Crippen LogP contribution in [0.25, 0.3) is 10.9 Å². The van der Waals surface area contributed by atoms with Crippen molar-refractivity contribution < 1.29 is 13.2 Å². The molecule has 0 spiro atoms. The summed E-state index contributed by atoms with van der Waals surface area (Å²) >= 11 is 11.9. The Morgan fingerprint density at radius 2 is 1.90 bits per heavy atom. The van der Waals surface area contributed by atoms with Crippen LogP contribution in [0, 0.1) is 0 Å². The molecule has 2 nitrogen and oxygen atoms in total. The molecule has 1 heterocycles. The van der Waals surface area contributed by atoms with Crippen LogP contribution in [0.3, 0.4) is 0 Å². The minimum atomic E-state index is -4.52. The van der Waals surface area contributed by atoms with Gasteiger partial charge in [-0.1, -0.05) is 30.1 Å². The molecular weight excluding hydrogens is 312 g/mol. The standard InChI is InChI=1S/C13H11Cl2F3N2/c1-2-3-19-9-6-11(13(16,17)18)20-10-5-7(14)4-8(15)12(9)10/h4-6H,2-3H2,1H3,(H,19,20). The van der Waals surface area contributed by atoms with Gasteiger partial charge in [0.25, 0.3) is 0 Å². The van der Waals surface area contributed by atoms with Crippen molar-refractivity contribution in [2.75, 3.05) is 11.9 Å². The topological polar surface area (TPSA) is 24.9 Å². The van der Waals surface area contributed by atoms with E-state index in [1.165, 1.54) is 12.1 Å². The van der Waals surface area contributed by atoms with E-state index < -0.39 is 11.9 Å². The Labute approximate surface area is 123 Å². The van der Waals surface area contributed by atoms with Crippen molar-refractivity contribution in [2.24, 2.45) is 0 Å². The normalized spacial score (nSPS) is 11.9. The minimum absolute atomic E-state index is 0.121. The van der Waals surface area contributed by atoms with Crippen molar-refractivity contribution in [1.82, 2.24) is 4.98 Å². The van der Waals surface area contributed by atoms with Crippen LogP contribution < -0.4 is 5.32 Å². The zero-order chi connectivity index (χ0) is 14.9. The number of anilines is 1. The molecule has 0 radical (unpaired) electrons. The van der Waals surface area contributed by atoms with Gasteiger partial charge in [-0.2, -0.15) is 13.2 Å². The lowest BCUT2D eigenvalue weighted by molar-refractivity contribution is -0.140. The molecule has 20 heavy (non-hydrogen) atoms. The molecule has 0 unspecified atom stereocenters. The Hall–Kier alpha value is -1.20. The number of nitrogens with zero attached hydrogens (tertiary/aromatic N) is 1. The Kier molecular flexibility index (Phi) is 4.30. The molecule has 1 aromatic heterocycles. The number of benzene rings is 1. The number of nitrogens with one attached hydrogen (secondary N) is 1. The van der Waals surface area contributed by atoms with Gasteiger partial charge in [0.15, 0.2) is 0 Å². The van der Waals surface area contributed by atoms with Gasteiger partial charge in [0, 0.05) is 22.6 Å². The zero-order valence-corrected chi connectivity index (χ0v) is 12.0. The summed E-state index contributed by atoms with van der Waals surface area (Å²) in [6.07, 6.45) is -3.75. The first-order valence-corrected chi connectivity index (χ1v) is 6.69. The monoisotopic (exact) mass is 322 g/mol. The highest BCUT2D eigenvalue weighted by Crippen LogP contribution is 2.37. The average Bonchev–Trinajstić information content (AvgIpc) is 2.33. The lowest BCUT2D eigenvalue weighted by Gasteiger charge is -2.14. The molecule has 0 aliphatic rings. The predicted octanol–water partition coefficient (Wildman–Crippen LogP) is 5.38. The first-order valence-electron chi connectivity index (χ1n) is 5.93. The van der Waals surface area contributed by atoms with Gasteiger partial charge in [0.05, 0.1) is 10.5 Å². The summed E-state index contributed by atoms with van der Waals surface area (Å²) in [5, 5.41) is 3.90. The van der Waals surface area contributed by atoms with E-state index in [9.17, 15) is 13.2 Å². The second kappa shape index (κ2) is 5.66. The van der Waals surface area contributed by atoms with E-state index in [1.54, 1.807) is 0 Å². The number of hydrogen-bond acceptors (Lipinski definition) is 2. The smallest absolute Gasteiger partial charge is 0.384 e. The molecule has 0 aliphatic carbocycles. The summed E-state index contributed by atoms with van der Waals surface area (Å²) in [4.78, 5) is 3.60. The van der Waals surface area contributed by atoms with Gasteiger partial charge < -0.3 is 5.32 Å². The van der Waals surface area contributed by atoms with Crippen LogP contribution in [0.2, 0.25) is 10.0 Å². The molecular formula is C13H11Cl2F3N2. The lowest BCUT2D eigenvalue weighted by atomic mass is 10.1. The third-order valence-electron chi connectivity index (χ3n) is 2.68. The summed E-state index contributed by atoms with van der Waals surface area (Å²) in [6, 6.07) is 3.82. The molecule has 7 heteroatoms. The Bertz CT molecular complexity index is 642. The van der Waals surface area contributed by atoms with Gasteiger partial charge in [0.1, 0.15) is 5.69 Å². The number of alkyl halides is 3. The molecule has 2 aromatic rings. The quantitative estimate of drug-likeness (QED) is 0.820. The van der Waals surface area contributed by atoms with Crippen LogP contribution in [-0.4, -0.2) is 11.5 Å². The van der Waals surface area contributed by atoms with E-state index in [4.69, 9.17) is 23.2 Å². The summed E-state index contributed by atoms with van der Waals surface area (Å²) in [6.45, 7) is 2.45. The Morgan fingerprint density at radius 1 is 1.20 bits per heavy atom. The van der Waals surface area contributed by atoms with Crippen LogP contribution in [0.1, 0.15) is 19.0 Å². The molecule has 2 rings (SSSR count). The molecule has 0 atom stereocenters. The van der Waals surface area contributed by atoms with E-state index in [0.717, 1.165) is 12.5 Å². The Morgan fingerprint density at radius 3 is 2.50 bits per heavy atom. The SMILES string of the molecule is CCCNc1cc(C(F)(F)F)nc2cc(Cl)cc(Cl)c12. The van der Waals surface area contributed by atoms with Gasteiger partial charge in [-0.3, -0.25) is 0 Å². The molecule has 0 aliphatic heterocycles. The maximum Gasteiger partial charge on any atom is 0.433 e. The lowest BCUT2D eigenvalue weighted by Crippen LogP contribution is -2.10. The molecule has 108 valence electrons. The second-order valence-electron chi connectivity index (χ2n) is 4.26. The van der Waals surface area contributed by atoms with Crippen molar-refractivity contribution in [2.45, 2.75) is 19.5 Å². The molecule has 0 bridgehead atoms. The fourth-order valence-corrected chi connectivity index (χ4v) is 2.41. The summed E-state index contributed by atoms with van der Waals surface area (Å²) in [7, 11) is 0. The predicted molar refractivity (Wildman–Crippen MR) is 75.5 cm³/mol.